The molecule has 1 aliphatic carbocycles. The van der Waals surface area contributed by atoms with E-state index in [1.165, 1.54) is 7.11 Å². The molecular formula is C13H23NO4. The predicted octanol–water partition coefficient (Wildman–Crippen LogP) is 1.90. The summed E-state index contributed by atoms with van der Waals surface area (Å²) < 4.78 is 10.1. The summed E-state index contributed by atoms with van der Waals surface area (Å²) in [5.41, 5.74) is -0.519. The maximum atomic E-state index is 11.8. The first-order valence-electron chi connectivity index (χ1n) is 6.34. The van der Waals surface area contributed by atoms with Crippen LogP contribution in [0.5, 0.6) is 0 Å². The summed E-state index contributed by atoms with van der Waals surface area (Å²) in [6, 6.07) is -0.123. The van der Waals surface area contributed by atoms with Gasteiger partial charge in [-0.2, -0.15) is 0 Å². The van der Waals surface area contributed by atoms with Crippen molar-refractivity contribution in [3.8, 4) is 0 Å². The molecule has 1 fully saturated rings. The minimum Gasteiger partial charge on any atom is -0.444 e. The van der Waals surface area contributed by atoms with E-state index in [2.05, 4.69) is 5.32 Å². The first kappa shape index (κ1) is 15.0. The highest BCUT2D eigenvalue weighted by atomic mass is 16.6. The smallest absolute Gasteiger partial charge is 0.407 e. The lowest BCUT2D eigenvalue weighted by Crippen LogP contribution is -2.43. The number of rotatable bonds is 4. The van der Waals surface area contributed by atoms with Crippen molar-refractivity contribution >= 4 is 11.9 Å². The largest absolute Gasteiger partial charge is 0.444 e. The molecule has 0 bridgehead atoms. The zero-order chi connectivity index (χ0) is 13.8. The molecule has 5 nitrogen and oxygen atoms in total. The van der Waals surface area contributed by atoms with Crippen molar-refractivity contribution < 1.29 is 19.1 Å². The number of nitrogens with one attached hydrogen (secondary N) is 1. The average molecular weight is 257 g/mol. The third-order valence-corrected chi connectivity index (χ3v) is 2.92. The van der Waals surface area contributed by atoms with Crippen LogP contribution >= 0.6 is 0 Å². The van der Waals surface area contributed by atoms with Crippen molar-refractivity contribution in [1.82, 2.24) is 5.32 Å². The SMILES string of the molecule is COCC(=O)[C@H]1CCC[C@H]1NC(=O)OC(C)(C)C. The van der Waals surface area contributed by atoms with Gasteiger partial charge in [0.15, 0.2) is 5.78 Å². The molecular weight excluding hydrogens is 234 g/mol. The van der Waals surface area contributed by atoms with Crippen molar-refractivity contribution in [2.75, 3.05) is 13.7 Å². The Balaban J connectivity index is 2.50. The monoisotopic (exact) mass is 257 g/mol. The van der Waals surface area contributed by atoms with E-state index in [9.17, 15) is 9.59 Å². The maximum Gasteiger partial charge on any atom is 0.407 e. The first-order chi connectivity index (χ1) is 8.33. The molecule has 1 amide bonds. The number of carbonyl (C=O) groups excluding carboxylic acids is 2. The van der Waals surface area contributed by atoms with Gasteiger partial charge in [0, 0.05) is 19.1 Å². The summed E-state index contributed by atoms with van der Waals surface area (Å²) in [4.78, 5) is 23.5. The lowest BCUT2D eigenvalue weighted by Gasteiger charge is -2.24. The lowest BCUT2D eigenvalue weighted by atomic mass is 9.99. The molecule has 0 aromatic carbocycles. The zero-order valence-electron chi connectivity index (χ0n) is 11.6. The van der Waals surface area contributed by atoms with Crippen LogP contribution in [0.15, 0.2) is 0 Å². The van der Waals surface area contributed by atoms with Crippen LogP contribution in [0, 0.1) is 5.92 Å². The Hall–Kier alpha value is -1.10. The highest BCUT2D eigenvalue weighted by Gasteiger charge is 2.34. The van der Waals surface area contributed by atoms with Gasteiger partial charge in [0.25, 0.3) is 0 Å². The summed E-state index contributed by atoms with van der Waals surface area (Å²) >= 11 is 0. The van der Waals surface area contributed by atoms with Crippen LogP contribution in [0.2, 0.25) is 0 Å². The van der Waals surface area contributed by atoms with E-state index in [-0.39, 0.29) is 24.3 Å². The van der Waals surface area contributed by atoms with Gasteiger partial charge < -0.3 is 14.8 Å². The van der Waals surface area contributed by atoms with E-state index >= 15 is 0 Å². The van der Waals surface area contributed by atoms with Gasteiger partial charge in [0.2, 0.25) is 0 Å². The van der Waals surface area contributed by atoms with Gasteiger partial charge in [-0.3, -0.25) is 4.79 Å². The van der Waals surface area contributed by atoms with E-state index in [1.807, 2.05) is 20.8 Å². The molecule has 1 N–H and O–H groups in total. The van der Waals surface area contributed by atoms with Crippen LogP contribution in [-0.2, 0) is 14.3 Å². The van der Waals surface area contributed by atoms with Crippen molar-refractivity contribution in [1.29, 1.82) is 0 Å². The molecule has 1 saturated carbocycles. The topological polar surface area (TPSA) is 64.6 Å². The van der Waals surface area contributed by atoms with Crippen molar-refractivity contribution in [2.45, 2.75) is 51.7 Å². The molecule has 1 rings (SSSR count). The Morgan fingerprint density at radius 3 is 2.50 bits per heavy atom. The molecule has 0 unspecified atom stereocenters. The average Bonchev–Trinajstić information content (AvgIpc) is 2.62. The Morgan fingerprint density at radius 2 is 1.94 bits per heavy atom. The van der Waals surface area contributed by atoms with Crippen molar-refractivity contribution in [3.05, 3.63) is 0 Å². The number of Topliss-reactive ketones (excluding diaryl/α,β-unsaturated/α-hetero) is 1. The van der Waals surface area contributed by atoms with Crippen LogP contribution in [-0.4, -0.2) is 37.2 Å². The Morgan fingerprint density at radius 1 is 1.28 bits per heavy atom. The third kappa shape index (κ3) is 4.64. The van der Waals surface area contributed by atoms with Crippen LogP contribution in [0.1, 0.15) is 40.0 Å². The summed E-state index contributed by atoms with van der Waals surface area (Å²) in [6.45, 7) is 5.55. The van der Waals surface area contributed by atoms with Gasteiger partial charge in [0.1, 0.15) is 12.2 Å². The number of methoxy groups -OCH3 is 1. The maximum absolute atomic E-state index is 11.8. The fourth-order valence-corrected chi connectivity index (χ4v) is 2.23. The highest BCUT2D eigenvalue weighted by Crippen LogP contribution is 2.26. The Kier molecular flexibility index (Phi) is 5.14. The third-order valence-electron chi connectivity index (χ3n) is 2.92. The molecule has 0 aliphatic heterocycles. The number of alkyl carbamates (subject to hydrolysis) is 1. The number of carbonyl (C=O) groups is 2. The van der Waals surface area contributed by atoms with Crippen LogP contribution in [0.3, 0.4) is 0 Å². The standard InChI is InChI=1S/C13H23NO4/c1-13(2,3)18-12(16)14-10-7-5-6-9(10)11(15)8-17-4/h9-10H,5-8H2,1-4H3,(H,14,16)/t9-,10+/m0/s1. The molecule has 2 atom stereocenters. The number of hydrogen-bond acceptors (Lipinski definition) is 4. The Bertz CT molecular complexity index is 309. The van der Waals surface area contributed by atoms with Gasteiger partial charge in [-0.05, 0) is 33.6 Å². The second kappa shape index (κ2) is 6.18. The molecule has 0 heterocycles. The normalized spacial score (nSPS) is 23.8. The molecule has 0 aromatic heterocycles. The fourth-order valence-electron chi connectivity index (χ4n) is 2.23. The summed E-state index contributed by atoms with van der Waals surface area (Å²) in [6.07, 6.45) is 2.12. The van der Waals surface area contributed by atoms with Gasteiger partial charge >= 0.3 is 6.09 Å². The number of hydrogen-bond donors (Lipinski definition) is 1. The zero-order valence-corrected chi connectivity index (χ0v) is 11.6. The molecule has 5 heteroatoms. The fraction of sp³-hybridized carbons (Fsp3) is 0.846. The van der Waals surface area contributed by atoms with E-state index in [4.69, 9.17) is 9.47 Å². The first-order valence-corrected chi connectivity index (χ1v) is 6.34. The van der Waals surface area contributed by atoms with Gasteiger partial charge in [0.05, 0.1) is 0 Å². The van der Waals surface area contributed by atoms with Crippen molar-refractivity contribution in [3.63, 3.8) is 0 Å². The summed E-state index contributed by atoms with van der Waals surface area (Å²) in [5, 5.41) is 2.79. The molecule has 104 valence electrons. The van der Waals surface area contributed by atoms with E-state index in [0.29, 0.717) is 0 Å². The molecule has 18 heavy (non-hydrogen) atoms. The van der Waals surface area contributed by atoms with Gasteiger partial charge in [-0.15, -0.1) is 0 Å². The Labute approximate surface area is 108 Å². The van der Waals surface area contributed by atoms with E-state index < -0.39 is 11.7 Å². The second-order valence-electron chi connectivity index (χ2n) is 5.69. The number of ether oxygens (including phenoxy) is 2. The lowest BCUT2D eigenvalue weighted by molar-refractivity contribution is -0.126. The second-order valence-corrected chi connectivity index (χ2v) is 5.69. The van der Waals surface area contributed by atoms with Crippen LogP contribution in [0.25, 0.3) is 0 Å². The summed E-state index contributed by atoms with van der Waals surface area (Å²) in [5.74, 6) is -0.0893. The molecule has 1 aliphatic rings. The molecule has 0 saturated heterocycles. The predicted molar refractivity (Wildman–Crippen MR) is 67.4 cm³/mol. The minimum atomic E-state index is -0.519. The van der Waals surface area contributed by atoms with Gasteiger partial charge in [-0.25, -0.2) is 4.79 Å². The molecule has 0 spiro atoms. The van der Waals surface area contributed by atoms with Crippen LogP contribution < -0.4 is 5.32 Å². The molecule has 0 aromatic rings. The van der Waals surface area contributed by atoms with Gasteiger partial charge in [-0.1, -0.05) is 6.42 Å². The number of ketones is 1. The van der Waals surface area contributed by atoms with E-state index in [0.717, 1.165) is 19.3 Å². The quantitative estimate of drug-likeness (QED) is 0.835. The van der Waals surface area contributed by atoms with Crippen molar-refractivity contribution in [2.24, 2.45) is 5.92 Å². The molecule has 0 radical (unpaired) electrons. The van der Waals surface area contributed by atoms with E-state index in [1.54, 1.807) is 0 Å². The number of amides is 1. The summed E-state index contributed by atoms with van der Waals surface area (Å²) in [7, 11) is 1.50. The minimum absolute atomic E-state index is 0.0519. The highest BCUT2D eigenvalue weighted by molar-refractivity contribution is 5.84. The van der Waals surface area contributed by atoms with Crippen LogP contribution in [0.4, 0.5) is 4.79 Å².